The highest BCUT2D eigenvalue weighted by Crippen LogP contribution is 2.21. The standard InChI is InChI=1S/C14H20N2O3/c1-18-14(7-8-19-11-14)10-16-13(17)9-15-12-5-3-2-4-6-12/h2-6,15H,7-11H2,1H3,(H,16,17). The number of anilines is 1. The first-order chi connectivity index (χ1) is 9.24. The summed E-state index contributed by atoms with van der Waals surface area (Å²) < 4.78 is 10.8. The average molecular weight is 264 g/mol. The lowest BCUT2D eigenvalue weighted by Gasteiger charge is -2.25. The maximum Gasteiger partial charge on any atom is 0.239 e. The van der Waals surface area contributed by atoms with Gasteiger partial charge in [-0.2, -0.15) is 0 Å². The summed E-state index contributed by atoms with van der Waals surface area (Å²) >= 11 is 0. The third-order valence-electron chi connectivity index (χ3n) is 3.33. The molecule has 2 N–H and O–H groups in total. The van der Waals surface area contributed by atoms with Crippen molar-refractivity contribution in [2.75, 3.05) is 38.7 Å². The molecule has 1 amide bonds. The molecule has 0 spiro atoms. The number of carbonyl (C=O) groups excluding carboxylic acids is 1. The second-order valence-corrected chi connectivity index (χ2v) is 4.69. The summed E-state index contributed by atoms with van der Waals surface area (Å²) in [5.74, 6) is -0.0489. The van der Waals surface area contributed by atoms with E-state index in [4.69, 9.17) is 9.47 Å². The number of para-hydroxylation sites is 1. The van der Waals surface area contributed by atoms with Crippen molar-refractivity contribution in [3.05, 3.63) is 30.3 Å². The summed E-state index contributed by atoms with van der Waals surface area (Å²) in [6.45, 7) is 1.96. The third-order valence-corrected chi connectivity index (χ3v) is 3.33. The molecule has 0 saturated carbocycles. The van der Waals surface area contributed by atoms with Gasteiger partial charge in [-0.3, -0.25) is 4.79 Å². The van der Waals surface area contributed by atoms with E-state index in [0.29, 0.717) is 19.8 Å². The Morgan fingerprint density at radius 3 is 2.84 bits per heavy atom. The molecule has 1 aliphatic rings. The zero-order valence-corrected chi connectivity index (χ0v) is 11.1. The molecule has 0 bridgehead atoms. The van der Waals surface area contributed by atoms with Crippen LogP contribution in [0.4, 0.5) is 5.69 Å². The number of amides is 1. The summed E-state index contributed by atoms with van der Waals surface area (Å²) in [5.41, 5.74) is 0.575. The van der Waals surface area contributed by atoms with Crippen molar-refractivity contribution >= 4 is 11.6 Å². The third kappa shape index (κ3) is 3.94. The van der Waals surface area contributed by atoms with E-state index in [2.05, 4.69) is 10.6 Å². The fourth-order valence-corrected chi connectivity index (χ4v) is 2.02. The van der Waals surface area contributed by atoms with E-state index in [1.165, 1.54) is 0 Å². The number of ether oxygens (including phenoxy) is 2. The predicted molar refractivity (Wildman–Crippen MR) is 73.1 cm³/mol. The Labute approximate surface area is 113 Å². The Bertz CT molecular complexity index is 402. The SMILES string of the molecule is COC1(CNC(=O)CNc2ccccc2)CCOC1. The topological polar surface area (TPSA) is 59.6 Å². The molecule has 1 atom stereocenters. The van der Waals surface area contributed by atoms with Gasteiger partial charge in [-0.15, -0.1) is 0 Å². The van der Waals surface area contributed by atoms with Crippen LogP contribution in [0.5, 0.6) is 0 Å². The van der Waals surface area contributed by atoms with Gasteiger partial charge >= 0.3 is 0 Å². The molecular formula is C14H20N2O3. The number of methoxy groups -OCH3 is 1. The number of carbonyl (C=O) groups is 1. The number of hydrogen-bond acceptors (Lipinski definition) is 4. The van der Waals surface area contributed by atoms with Gasteiger partial charge in [-0.1, -0.05) is 18.2 Å². The van der Waals surface area contributed by atoms with Crippen molar-refractivity contribution < 1.29 is 14.3 Å². The van der Waals surface area contributed by atoms with Gasteiger partial charge in [0.15, 0.2) is 0 Å². The van der Waals surface area contributed by atoms with Crippen LogP contribution in [0.15, 0.2) is 30.3 Å². The lowest BCUT2D eigenvalue weighted by atomic mass is 10.0. The molecule has 104 valence electrons. The molecule has 0 aromatic heterocycles. The molecule has 0 aliphatic carbocycles. The number of hydrogen-bond donors (Lipinski definition) is 2. The van der Waals surface area contributed by atoms with Crippen molar-refractivity contribution in [1.82, 2.24) is 5.32 Å². The number of rotatable bonds is 6. The Morgan fingerprint density at radius 1 is 1.42 bits per heavy atom. The molecule has 1 heterocycles. The van der Waals surface area contributed by atoms with E-state index in [-0.39, 0.29) is 18.1 Å². The van der Waals surface area contributed by atoms with Crippen molar-refractivity contribution in [2.45, 2.75) is 12.0 Å². The average Bonchev–Trinajstić information content (AvgIpc) is 2.93. The first-order valence-corrected chi connectivity index (χ1v) is 6.43. The van der Waals surface area contributed by atoms with Gasteiger partial charge in [0.1, 0.15) is 5.60 Å². The summed E-state index contributed by atoms with van der Waals surface area (Å²) in [6, 6.07) is 9.64. The fraction of sp³-hybridized carbons (Fsp3) is 0.500. The Morgan fingerprint density at radius 2 is 2.21 bits per heavy atom. The molecule has 5 heteroatoms. The minimum absolute atomic E-state index is 0.0489. The maximum absolute atomic E-state index is 11.8. The number of benzene rings is 1. The van der Waals surface area contributed by atoms with Gasteiger partial charge in [0.25, 0.3) is 0 Å². The smallest absolute Gasteiger partial charge is 0.239 e. The Hall–Kier alpha value is -1.59. The van der Waals surface area contributed by atoms with E-state index in [0.717, 1.165) is 12.1 Å². The zero-order chi connectivity index (χ0) is 13.6. The van der Waals surface area contributed by atoms with Gasteiger partial charge in [0.05, 0.1) is 13.2 Å². The van der Waals surface area contributed by atoms with Crippen LogP contribution in [0.25, 0.3) is 0 Å². The lowest BCUT2D eigenvalue weighted by molar-refractivity contribution is -0.121. The molecule has 1 fully saturated rings. The van der Waals surface area contributed by atoms with Crippen molar-refractivity contribution in [3.8, 4) is 0 Å². The first-order valence-electron chi connectivity index (χ1n) is 6.43. The molecule has 1 saturated heterocycles. The Balaban J connectivity index is 1.72. The molecule has 19 heavy (non-hydrogen) atoms. The van der Waals surface area contributed by atoms with Gasteiger partial charge in [0, 0.05) is 32.4 Å². The van der Waals surface area contributed by atoms with Crippen molar-refractivity contribution in [2.24, 2.45) is 0 Å². The van der Waals surface area contributed by atoms with Crippen LogP contribution in [-0.2, 0) is 14.3 Å². The minimum atomic E-state index is -0.359. The predicted octanol–water partition coefficient (Wildman–Crippen LogP) is 1.02. The second-order valence-electron chi connectivity index (χ2n) is 4.69. The monoisotopic (exact) mass is 264 g/mol. The molecule has 0 radical (unpaired) electrons. The largest absolute Gasteiger partial charge is 0.378 e. The summed E-state index contributed by atoms with van der Waals surface area (Å²) in [5, 5.41) is 5.95. The van der Waals surface area contributed by atoms with Crippen LogP contribution in [0.3, 0.4) is 0 Å². The highest BCUT2D eigenvalue weighted by molar-refractivity contribution is 5.80. The van der Waals surface area contributed by atoms with Crippen molar-refractivity contribution in [1.29, 1.82) is 0 Å². The quantitative estimate of drug-likeness (QED) is 0.805. The van der Waals surface area contributed by atoms with Gasteiger partial charge < -0.3 is 20.1 Å². The minimum Gasteiger partial charge on any atom is -0.378 e. The lowest BCUT2D eigenvalue weighted by Crippen LogP contribution is -2.46. The van der Waals surface area contributed by atoms with Crippen LogP contribution in [0.2, 0.25) is 0 Å². The molecule has 5 nitrogen and oxygen atoms in total. The molecule has 1 unspecified atom stereocenters. The van der Waals surface area contributed by atoms with Crippen LogP contribution in [0.1, 0.15) is 6.42 Å². The highest BCUT2D eigenvalue weighted by atomic mass is 16.5. The molecule has 2 rings (SSSR count). The van der Waals surface area contributed by atoms with Crippen LogP contribution < -0.4 is 10.6 Å². The molecule has 1 aromatic carbocycles. The van der Waals surface area contributed by atoms with E-state index < -0.39 is 0 Å². The van der Waals surface area contributed by atoms with E-state index in [1.807, 2.05) is 30.3 Å². The molecular weight excluding hydrogens is 244 g/mol. The number of nitrogens with one attached hydrogen (secondary N) is 2. The van der Waals surface area contributed by atoms with Crippen molar-refractivity contribution in [3.63, 3.8) is 0 Å². The molecule has 1 aromatic rings. The van der Waals surface area contributed by atoms with E-state index >= 15 is 0 Å². The van der Waals surface area contributed by atoms with Gasteiger partial charge in [0.2, 0.25) is 5.91 Å². The van der Waals surface area contributed by atoms with Crippen LogP contribution >= 0.6 is 0 Å². The maximum atomic E-state index is 11.8. The Kier molecular flexibility index (Phi) is 4.76. The van der Waals surface area contributed by atoms with Gasteiger partial charge in [-0.05, 0) is 12.1 Å². The zero-order valence-electron chi connectivity index (χ0n) is 11.1. The second kappa shape index (κ2) is 6.54. The summed E-state index contributed by atoms with van der Waals surface area (Å²) in [6.07, 6.45) is 0.815. The van der Waals surface area contributed by atoms with Crippen LogP contribution in [0, 0.1) is 0 Å². The van der Waals surface area contributed by atoms with Gasteiger partial charge in [-0.25, -0.2) is 0 Å². The first kappa shape index (κ1) is 13.8. The highest BCUT2D eigenvalue weighted by Gasteiger charge is 2.35. The fourth-order valence-electron chi connectivity index (χ4n) is 2.02. The summed E-state index contributed by atoms with van der Waals surface area (Å²) in [7, 11) is 1.66. The summed E-state index contributed by atoms with van der Waals surface area (Å²) in [4.78, 5) is 11.8. The van der Waals surface area contributed by atoms with Crippen LogP contribution in [-0.4, -0.2) is 44.9 Å². The van der Waals surface area contributed by atoms with E-state index in [9.17, 15) is 4.79 Å². The normalized spacial score (nSPS) is 22.2. The molecule has 1 aliphatic heterocycles. The van der Waals surface area contributed by atoms with E-state index in [1.54, 1.807) is 7.11 Å².